The van der Waals surface area contributed by atoms with E-state index in [0.717, 1.165) is 16.6 Å². The molecule has 0 radical (unpaired) electrons. The zero-order valence-electron chi connectivity index (χ0n) is 13.8. The van der Waals surface area contributed by atoms with E-state index in [4.69, 9.17) is 4.52 Å². The number of aryl methyl sites for hydroxylation is 1. The van der Waals surface area contributed by atoms with Gasteiger partial charge >= 0.3 is 0 Å². The zero-order chi connectivity index (χ0) is 18.1. The van der Waals surface area contributed by atoms with Crippen LogP contribution in [0.5, 0.6) is 0 Å². The number of nitrogens with one attached hydrogen (secondary N) is 1. The first kappa shape index (κ1) is 16.4. The van der Waals surface area contributed by atoms with Gasteiger partial charge in [0.2, 0.25) is 21.7 Å². The van der Waals surface area contributed by atoms with Gasteiger partial charge in [-0.25, -0.2) is 18.1 Å². The Kier molecular flexibility index (Phi) is 4.02. The summed E-state index contributed by atoms with van der Waals surface area (Å²) < 4.78 is 34.0. The van der Waals surface area contributed by atoms with Crippen LogP contribution < -0.4 is 4.72 Å². The highest BCUT2D eigenvalue weighted by Gasteiger charge is 2.16. The van der Waals surface area contributed by atoms with E-state index in [-0.39, 0.29) is 17.3 Å². The van der Waals surface area contributed by atoms with Crippen molar-refractivity contribution in [2.45, 2.75) is 11.4 Å². The molecule has 0 unspecified atom stereocenters. The lowest BCUT2D eigenvalue weighted by Crippen LogP contribution is -2.23. The van der Waals surface area contributed by atoms with E-state index < -0.39 is 10.0 Å². The molecule has 0 amide bonds. The van der Waals surface area contributed by atoms with Crippen molar-refractivity contribution >= 4 is 21.1 Å². The van der Waals surface area contributed by atoms with Gasteiger partial charge in [0, 0.05) is 12.6 Å². The molecule has 4 aromatic rings. The quantitative estimate of drug-likeness (QED) is 0.578. The van der Waals surface area contributed by atoms with Crippen LogP contribution >= 0.6 is 0 Å². The minimum atomic E-state index is -3.63. The standard InChI is InChI=1S/C17H15N5O3S/c1-22-11-18-14-8-7-12(9-15(14)22)17-20-16(25-21-17)10-19-26(23,24)13-5-3-2-4-6-13/h2-9,11,19H,10H2,1H3. The van der Waals surface area contributed by atoms with Crippen molar-refractivity contribution in [1.29, 1.82) is 0 Å². The number of imidazole rings is 1. The molecule has 4 rings (SSSR count). The fraction of sp³-hybridized carbons (Fsp3) is 0.118. The van der Waals surface area contributed by atoms with Gasteiger partial charge in [0.05, 0.1) is 28.8 Å². The smallest absolute Gasteiger partial charge is 0.242 e. The largest absolute Gasteiger partial charge is 0.338 e. The van der Waals surface area contributed by atoms with Gasteiger partial charge in [0.15, 0.2) is 0 Å². The van der Waals surface area contributed by atoms with E-state index in [1.54, 1.807) is 24.5 Å². The first-order valence-corrected chi connectivity index (χ1v) is 9.30. The van der Waals surface area contributed by atoms with Crippen LogP contribution in [0.1, 0.15) is 5.89 Å². The predicted molar refractivity (Wildman–Crippen MR) is 94.5 cm³/mol. The Labute approximate surface area is 149 Å². The van der Waals surface area contributed by atoms with E-state index in [1.165, 1.54) is 12.1 Å². The molecular weight excluding hydrogens is 354 g/mol. The van der Waals surface area contributed by atoms with Gasteiger partial charge < -0.3 is 9.09 Å². The highest BCUT2D eigenvalue weighted by molar-refractivity contribution is 7.89. The van der Waals surface area contributed by atoms with Crippen molar-refractivity contribution in [3.63, 3.8) is 0 Å². The number of sulfonamides is 1. The monoisotopic (exact) mass is 369 g/mol. The van der Waals surface area contributed by atoms with E-state index in [2.05, 4.69) is 19.8 Å². The van der Waals surface area contributed by atoms with E-state index in [9.17, 15) is 8.42 Å². The summed E-state index contributed by atoms with van der Waals surface area (Å²) in [5.74, 6) is 0.576. The Morgan fingerprint density at radius 3 is 2.77 bits per heavy atom. The maximum atomic E-state index is 12.2. The van der Waals surface area contributed by atoms with Crippen LogP contribution in [0.2, 0.25) is 0 Å². The number of benzene rings is 2. The lowest BCUT2D eigenvalue weighted by atomic mass is 10.2. The molecule has 26 heavy (non-hydrogen) atoms. The highest BCUT2D eigenvalue weighted by atomic mass is 32.2. The molecule has 0 fully saturated rings. The molecule has 0 atom stereocenters. The van der Waals surface area contributed by atoms with Crippen molar-refractivity contribution in [3.05, 3.63) is 60.7 Å². The molecule has 0 aliphatic heterocycles. The SMILES string of the molecule is Cn1cnc2ccc(-c3noc(CNS(=O)(=O)c4ccccc4)n3)cc21. The average molecular weight is 369 g/mol. The van der Waals surface area contributed by atoms with Crippen LogP contribution in [0.4, 0.5) is 0 Å². The molecule has 132 valence electrons. The van der Waals surface area contributed by atoms with Gasteiger partial charge in [-0.1, -0.05) is 23.4 Å². The molecule has 0 saturated carbocycles. The number of aromatic nitrogens is 4. The van der Waals surface area contributed by atoms with Gasteiger partial charge in [-0.15, -0.1) is 0 Å². The maximum absolute atomic E-state index is 12.2. The van der Waals surface area contributed by atoms with Crippen LogP contribution in [-0.4, -0.2) is 28.1 Å². The third-order valence-corrected chi connectivity index (χ3v) is 5.34. The molecular formula is C17H15N5O3S. The van der Waals surface area contributed by atoms with E-state index in [0.29, 0.717) is 5.82 Å². The van der Waals surface area contributed by atoms with Crippen LogP contribution in [0.25, 0.3) is 22.4 Å². The number of hydrogen-bond acceptors (Lipinski definition) is 6. The number of fused-ring (bicyclic) bond motifs is 1. The van der Waals surface area contributed by atoms with Gasteiger partial charge in [-0.3, -0.25) is 0 Å². The summed E-state index contributed by atoms with van der Waals surface area (Å²) in [6.45, 7) is -0.0851. The van der Waals surface area contributed by atoms with Crippen molar-refractivity contribution < 1.29 is 12.9 Å². The Morgan fingerprint density at radius 2 is 1.96 bits per heavy atom. The summed E-state index contributed by atoms with van der Waals surface area (Å²) in [4.78, 5) is 8.71. The first-order chi connectivity index (χ1) is 12.5. The van der Waals surface area contributed by atoms with Crippen LogP contribution in [0, 0.1) is 0 Å². The lowest BCUT2D eigenvalue weighted by Gasteiger charge is -2.03. The minimum Gasteiger partial charge on any atom is -0.338 e. The summed E-state index contributed by atoms with van der Waals surface area (Å²) in [7, 11) is -1.73. The predicted octanol–water partition coefficient (Wildman–Crippen LogP) is 2.10. The van der Waals surface area contributed by atoms with Crippen molar-refractivity contribution in [1.82, 2.24) is 24.4 Å². The zero-order valence-corrected chi connectivity index (χ0v) is 14.6. The van der Waals surface area contributed by atoms with Crippen molar-refractivity contribution in [2.24, 2.45) is 7.05 Å². The van der Waals surface area contributed by atoms with Crippen molar-refractivity contribution in [3.8, 4) is 11.4 Å². The number of nitrogens with zero attached hydrogens (tertiary/aromatic N) is 4. The normalized spacial score (nSPS) is 11.9. The molecule has 0 bridgehead atoms. The van der Waals surface area contributed by atoms with Gasteiger partial charge in [-0.05, 0) is 30.3 Å². The second kappa shape index (κ2) is 6.36. The third kappa shape index (κ3) is 3.09. The van der Waals surface area contributed by atoms with Crippen LogP contribution in [0.3, 0.4) is 0 Å². The second-order valence-corrected chi connectivity index (χ2v) is 7.48. The average Bonchev–Trinajstić information content (AvgIpc) is 3.28. The molecule has 0 aliphatic carbocycles. The fourth-order valence-electron chi connectivity index (χ4n) is 2.55. The summed E-state index contributed by atoms with van der Waals surface area (Å²) >= 11 is 0. The Bertz CT molecular complexity index is 1170. The molecule has 2 aromatic carbocycles. The van der Waals surface area contributed by atoms with E-state index in [1.807, 2.05) is 29.8 Å². The Morgan fingerprint density at radius 1 is 1.15 bits per heavy atom. The molecule has 2 heterocycles. The van der Waals surface area contributed by atoms with Crippen LogP contribution in [-0.2, 0) is 23.6 Å². The Hall–Kier alpha value is -3.04. The molecule has 0 saturated heterocycles. The van der Waals surface area contributed by atoms with Crippen LogP contribution in [0.15, 0.2) is 64.3 Å². The third-order valence-electron chi connectivity index (χ3n) is 3.92. The highest BCUT2D eigenvalue weighted by Crippen LogP contribution is 2.21. The molecule has 2 aromatic heterocycles. The van der Waals surface area contributed by atoms with Gasteiger partial charge in [0.25, 0.3) is 0 Å². The summed E-state index contributed by atoms with van der Waals surface area (Å²) in [6, 6.07) is 13.7. The molecule has 8 nitrogen and oxygen atoms in total. The molecule has 0 spiro atoms. The lowest BCUT2D eigenvalue weighted by molar-refractivity contribution is 0.376. The maximum Gasteiger partial charge on any atom is 0.242 e. The fourth-order valence-corrected chi connectivity index (χ4v) is 3.54. The number of rotatable bonds is 5. The summed E-state index contributed by atoms with van der Waals surface area (Å²) in [5.41, 5.74) is 2.58. The topological polar surface area (TPSA) is 103 Å². The summed E-state index contributed by atoms with van der Waals surface area (Å²) in [5, 5.41) is 3.93. The summed E-state index contributed by atoms with van der Waals surface area (Å²) in [6.07, 6.45) is 1.73. The van der Waals surface area contributed by atoms with Gasteiger partial charge in [-0.2, -0.15) is 4.98 Å². The molecule has 9 heteroatoms. The Balaban J connectivity index is 1.53. The minimum absolute atomic E-state index is 0.0851. The van der Waals surface area contributed by atoms with E-state index >= 15 is 0 Å². The molecule has 0 aliphatic rings. The van der Waals surface area contributed by atoms with Gasteiger partial charge in [0.1, 0.15) is 0 Å². The first-order valence-electron chi connectivity index (χ1n) is 7.82. The number of hydrogen-bond donors (Lipinski definition) is 1. The second-order valence-electron chi connectivity index (χ2n) is 5.71. The molecule has 1 N–H and O–H groups in total. The van der Waals surface area contributed by atoms with Crippen molar-refractivity contribution in [2.75, 3.05) is 0 Å².